The van der Waals surface area contributed by atoms with Gasteiger partial charge in [0.2, 0.25) is 5.84 Å². The maximum absolute atomic E-state index is 2.61. The molecule has 0 radical (unpaired) electrons. The molecule has 0 saturated heterocycles. The highest BCUT2D eigenvalue weighted by Crippen LogP contribution is 2.12. The zero-order valence-electron chi connectivity index (χ0n) is 12.6. The summed E-state index contributed by atoms with van der Waals surface area (Å²) >= 11 is 2.12. The molecule has 0 saturated carbocycles. The molecule has 1 rings (SSSR count). The average Bonchev–Trinajstić information content (AvgIpc) is 2.77. The van der Waals surface area contributed by atoms with Crippen molar-refractivity contribution in [1.82, 2.24) is 4.90 Å². The SMILES string of the molecule is CCCCCCSC[N+]1=C(CCC)N(CC)CC1. The number of amidine groups is 1. The number of rotatable bonds is 10. The minimum absolute atomic E-state index is 1.17. The summed E-state index contributed by atoms with van der Waals surface area (Å²) < 4.78 is 2.61. The Labute approximate surface area is 118 Å². The van der Waals surface area contributed by atoms with Crippen molar-refractivity contribution in [2.45, 2.75) is 59.3 Å². The van der Waals surface area contributed by atoms with Gasteiger partial charge in [-0.05, 0) is 25.5 Å². The Hall–Kier alpha value is -0.180. The number of unbranched alkanes of at least 4 members (excludes halogenated alkanes) is 3. The van der Waals surface area contributed by atoms with Crippen LogP contribution in [0.5, 0.6) is 0 Å². The second-order valence-corrected chi connectivity index (χ2v) is 6.18. The van der Waals surface area contributed by atoms with E-state index in [1.165, 1.54) is 69.8 Å². The fourth-order valence-electron chi connectivity index (χ4n) is 2.52. The third-order valence-electron chi connectivity index (χ3n) is 3.61. The van der Waals surface area contributed by atoms with Crippen LogP contribution in [0.25, 0.3) is 0 Å². The summed E-state index contributed by atoms with van der Waals surface area (Å²) in [6.45, 7) is 10.5. The summed E-state index contributed by atoms with van der Waals surface area (Å²) in [7, 11) is 0. The van der Waals surface area contributed by atoms with Crippen molar-refractivity contribution >= 4 is 17.6 Å². The van der Waals surface area contributed by atoms with E-state index >= 15 is 0 Å². The lowest BCUT2D eigenvalue weighted by molar-refractivity contribution is -0.498. The molecule has 2 nitrogen and oxygen atoms in total. The van der Waals surface area contributed by atoms with Crippen LogP contribution in [0, 0.1) is 0 Å². The molecule has 1 heterocycles. The van der Waals surface area contributed by atoms with Crippen molar-refractivity contribution in [3.05, 3.63) is 0 Å². The van der Waals surface area contributed by atoms with Crippen molar-refractivity contribution in [2.24, 2.45) is 0 Å². The smallest absolute Gasteiger partial charge is 0.247 e. The van der Waals surface area contributed by atoms with Crippen LogP contribution >= 0.6 is 11.8 Å². The third kappa shape index (κ3) is 5.21. The summed E-state index contributed by atoms with van der Waals surface area (Å²) in [5, 5.41) is 0. The van der Waals surface area contributed by atoms with Gasteiger partial charge in [-0.25, -0.2) is 0 Å². The molecule has 0 spiro atoms. The normalized spacial score (nSPS) is 15.8. The first kappa shape index (κ1) is 15.9. The Morgan fingerprint density at radius 3 is 2.61 bits per heavy atom. The molecule has 0 aromatic heterocycles. The lowest BCUT2D eigenvalue weighted by atomic mass is 10.2. The van der Waals surface area contributed by atoms with Gasteiger partial charge in [-0.2, -0.15) is 0 Å². The van der Waals surface area contributed by atoms with Crippen LogP contribution in [0.2, 0.25) is 0 Å². The summed E-state index contributed by atoms with van der Waals surface area (Å²) in [5.74, 6) is 4.14. The fourth-order valence-corrected chi connectivity index (χ4v) is 3.56. The first-order chi connectivity index (χ1) is 8.83. The fraction of sp³-hybridized carbons (Fsp3) is 0.933. The predicted molar refractivity (Wildman–Crippen MR) is 83.8 cm³/mol. The van der Waals surface area contributed by atoms with E-state index in [2.05, 4.69) is 42.0 Å². The number of hydrogen-bond acceptors (Lipinski definition) is 2. The molecule has 0 aromatic rings. The molecule has 0 amide bonds. The Morgan fingerprint density at radius 1 is 1.11 bits per heavy atom. The van der Waals surface area contributed by atoms with E-state index in [1.54, 1.807) is 5.84 Å². The maximum Gasteiger partial charge on any atom is 0.247 e. The van der Waals surface area contributed by atoms with Crippen molar-refractivity contribution in [3.8, 4) is 0 Å². The van der Waals surface area contributed by atoms with Crippen LogP contribution in [-0.4, -0.2) is 46.6 Å². The molecule has 0 aromatic carbocycles. The van der Waals surface area contributed by atoms with Gasteiger partial charge in [0.05, 0.1) is 6.54 Å². The Kier molecular flexibility index (Phi) is 8.57. The number of likely N-dealkylation sites (N-methyl/N-ethyl adjacent to an activating group) is 1. The molecule has 1 aliphatic rings. The van der Waals surface area contributed by atoms with Gasteiger partial charge in [-0.1, -0.05) is 33.1 Å². The Bertz CT molecular complexity index is 251. The highest BCUT2D eigenvalue weighted by Gasteiger charge is 2.27. The van der Waals surface area contributed by atoms with E-state index in [1.807, 2.05) is 0 Å². The first-order valence-electron chi connectivity index (χ1n) is 7.76. The molecule has 0 bridgehead atoms. The molecule has 1 aliphatic heterocycles. The van der Waals surface area contributed by atoms with Gasteiger partial charge < -0.3 is 0 Å². The Balaban J connectivity index is 2.27. The molecule has 0 N–H and O–H groups in total. The summed E-state index contributed by atoms with van der Waals surface area (Å²) in [5.41, 5.74) is 0. The van der Waals surface area contributed by atoms with Gasteiger partial charge in [-0.15, -0.1) is 11.8 Å². The summed E-state index contributed by atoms with van der Waals surface area (Å²) in [4.78, 5) is 2.56. The lowest BCUT2D eigenvalue weighted by Gasteiger charge is -2.10. The van der Waals surface area contributed by atoms with Crippen molar-refractivity contribution in [1.29, 1.82) is 0 Å². The average molecular weight is 271 g/mol. The van der Waals surface area contributed by atoms with Crippen molar-refractivity contribution in [3.63, 3.8) is 0 Å². The molecule has 0 atom stereocenters. The van der Waals surface area contributed by atoms with Crippen LogP contribution in [0.4, 0.5) is 0 Å². The highest BCUT2D eigenvalue weighted by atomic mass is 32.2. The van der Waals surface area contributed by atoms with Gasteiger partial charge in [0.1, 0.15) is 19.0 Å². The molecule has 0 aliphatic carbocycles. The standard InChI is InChI=1S/C15H31N2S/c1-4-7-8-9-13-18-14-17-12-11-16(6-3)15(17)10-5-2/h4-14H2,1-3H3/q+1. The number of hydrogen-bond donors (Lipinski definition) is 0. The second kappa shape index (κ2) is 9.71. The maximum atomic E-state index is 2.61. The zero-order valence-corrected chi connectivity index (χ0v) is 13.4. The molecular formula is C15H31N2S+. The monoisotopic (exact) mass is 271 g/mol. The molecule has 106 valence electrons. The van der Waals surface area contributed by atoms with Gasteiger partial charge in [0.15, 0.2) is 0 Å². The molecule has 0 fully saturated rings. The minimum Gasteiger partial charge on any atom is -0.262 e. The highest BCUT2D eigenvalue weighted by molar-refractivity contribution is 7.99. The van der Waals surface area contributed by atoms with Gasteiger partial charge in [-0.3, -0.25) is 9.48 Å². The van der Waals surface area contributed by atoms with Crippen molar-refractivity contribution < 1.29 is 4.58 Å². The largest absolute Gasteiger partial charge is 0.262 e. The second-order valence-electron chi connectivity index (χ2n) is 5.11. The first-order valence-corrected chi connectivity index (χ1v) is 8.92. The lowest BCUT2D eigenvalue weighted by Crippen LogP contribution is -2.29. The Morgan fingerprint density at radius 2 is 1.94 bits per heavy atom. The van der Waals surface area contributed by atoms with Crippen LogP contribution in [-0.2, 0) is 0 Å². The van der Waals surface area contributed by atoms with Crippen LogP contribution < -0.4 is 0 Å². The topological polar surface area (TPSA) is 6.25 Å². The van der Waals surface area contributed by atoms with Crippen molar-refractivity contribution in [2.75, 3.05) is 31.3 Å². The van der Waals surface area contributed by atoms with E-state index in [9.17, 15) is 0 Å². The third-order valence-corrected chi connectivity index (χ3v) is 4.69. The van der Waals surface area contributed by atoms with E-state index in [0.717, 1.165) is 0 Å². The summed E-state index contributed by atoms with van der Waals surface area (Å²) in [6.07, 6.45) is 8.08. The van der Waals surface area contributed by atoms with E-state index in [0.29, 0.717) is 0 Å². The molecule has 0 unspecified atom stereocenters. The summed E-state index contributed by atoms with van der Waals surface area (Å²) in [6, 6.07) is 0. The predicted octanol–water partition coefficient (Wildman–Crippen LogP) is 3.80. The van der Waals surface area contributed by atoms with E-state index < -0.39 is 0 Å². The molecule has 18 heavy (non-hydrogen) atoms. The van der Waals surface area contributed by atoms with Gasteiger partial charge >= 0.3 is 0 Å². The molecule has 3 heteroatoms. The zero-order chi connectivity index (χ0) is 13.2. The van der Waals surface area contributed by atoms with Crippen LogP contribution in [0.15, 0.2) is 0 Å². The van der Waals surface area contributed by atoms with Crippen LogP contribution in [0.3, 0.4) is 0 Å². The van der Waals surface area contributed by atoms with E-state index in [4.69, 9.17) is 0 Å². The van der Waals surface area contributed by atoms with E-state index in [-0.39, 0.29) is 0 Å². The van der Waals surface area contributed by atoms with Gasteiger partial charge in [0, 0.05) is 6.42 Å². The number of nitrogens with zero attached hydrogens (tertiary/aromatic N) is 2. The number of thioether (sulfide) groups is 1. The minimum atomic E-state index is 1.17. The van der Waals surface area contributed by atoms with Gasteiger partial charge in [0.25, 0.3) is 0 Å². The quantitative estimate of drug-likeness (QED) is 0.440. The van der Waals surface area contributed by atoms with Crippen LogP contribution in [0.1, 0.15) is 59.3 Å². The molecular weight excluding hydrogens is 240 g/mol.